The number of fused-ring (bicyclic) bond motifs is 1. The molecule has 0 saturated heterocycles. The second-order valence-corrected chi connectivity index (χ2v) is 4.66. The molecule has 108 valence electrons. The van der Waals surface area contributed by atoms with Crippen LogP contribution in [0.3, 0.4) is 0 Å². The highest BCUT2D eigenvalue weighted by atomic mass is 16.5. The Bertz CT molecular complexity index is 893. The van der Waals surface area contributed by atoms with E-state index in [-0.39, 0.29) is 18.0 Å². The van der Waals surface area contributed by atoms with Crippen LogP contribution in [-0.4, -0.2) is 22.3 Å². The molecule has 0 aliphatic carbocycles. The topological polar surface area (TPSA) is 93.9 Å². The van der Waals surface area contributed by atoms with Crippen LogP contribution in [0.2, 0.25) is 0 Å². The highest BCUT2D eigenvalue weighted by molar-refractivity contribution is 5.85. The van der Waals surface area contributed by atoms with Crippen LogP contribution in [0, 0.1) is 11.3 Å². The fourth-order valence-corrected chi connectivity index (χ4v) is 2.11. The average Bonchev–Trinajstić information content (AvgIpc) is 2.93. The Balaban J connectivity index is 1.74. The maximum atomic E-state index is 12.0. The Kier molecular flexibility index (Phi) is 3.46. The summed E-state index contributed by atoms with van der Waals surface area (Å²) in [4.78, 5) is 12.0. The zero-order valence-electron chi connectivity index (χ0n) is 11.6. The molecule has 2 aromatic carbocycles. The Morgan fingerprint density at radius 2 is 2.05 bits per heavy atom. The molecule has 0 bridgehead atoms. The third kappa shape index (κ3) is 2.47. The van der Waals surface area contributed by atoms with Crippen molar-refractivity contribution in [3.8, 4) is 11.8 Å². The molecule has 2 N–H and O–H groups in total. The SMILES string of the molecule is N#Cc1cnn(C(=O)COc2ccc3ccccc3c2)c1N. The zero-order chi connectivity index (χ0) is 15.5. The summed E-state index contributed by atoms with van der Waals surface area (Å²) in [6, 6.07) is 15.3. The first-order valence-corrected chi connectivity index (χ1v) is 6.57. The largest absolute Gasteiger partial charge is 0.484 e. The van der Waals surface area contributed by atoms with Crippen molar-refractivity contribution >= 4 is 22.5 Å². The van der Waals surface area contributed by atoms with Crippen molar-refractivity contribution in [3.05, 3.63) is 54.2 Å². The monoisotopic (exact) mass is 292 g/mol. The molecule has 0 unspecified atom stereocenters. The van der Waals surface area contributed by atoms with Crippen molar-refractivity contribution in [1.82, 2.24) is 9.78 Å². The lowest BCUT2D eigenvalue weighted by molar-refractivity contribution is 0.0824. The van der Waals surface area contributed by atoms with Gasteiger partial charge in [-0.25, -0.2) is 0 Å². The highest BCUT2D eigenvalue weighted by Gasteiger charge is 2.14. The fourth-order valence-electron chi connectivity index (χ4n) is 2.11. The van der Waals surface area contributed by atoms with Crippen molar-refractivity contribution in [1.29, 1.82) is 5.26 Å². The first kappa shape index (κ1) is 13.6. The minimum atomic E-state index is -0.438. The van der Waals surface area contributed by atoms with Crippen LogP contribution in [-0.2, 0) is 0 Å². The van der Waals surface area contributed by atoms with Crippen LogP contribution in [0.1, 0.15) is 10.4 Å². The van der Waals surface area contributed by atoms with Gasteiger partial charge in [-0.1, -0.05) is 30.3 Å². The third-order valence-electron chi connectivity index (χ3n) is 3.25. The van der Waals surface area contributed by atoms with Crippen LogP contribution in [0.4, 0.5) is 5.82 Å². The number of ether oxygens (including phenoxy) is 1. The lowest BCUT2D eigenvalue weighted by Gasteiger charge is -2.07. The minimum Gasteiger partial charge on any atom is -0.484 e. The molecule has 0 amide bonds. The molecule has 0 radical (unpaired) electrons. The Morgan fingerprint density at radius 3 is 2.77 bits per heavy atom. The standard InChI is InChI=1S/C16H12N4O2/c17-8-13-9-19-20(16(13)18)15(21)10-22-14-6-5-11-3-1-2-4-12(11)7-14/h1-7,9H,10,18H2. The average molecular weight is 292 g/mol. The Labute approximate surface area is 126 Å². The first-order chi connectivity index (χ1) is 10.7. The summed E-state index contributed by atoms with van der Waals surface area (Å²) in [7, 11) is 0. The van der Waals surface area contributed by atoms with Gasteiger partial charge in [-0.05, 0) is 22.9 Å². The summed E-state index contributed by atoms with van der Waals surface area (Å²) in [5.41, 5.74) is 5.83. The number of nitrogens with two attached hydrogens (primary N) is 1. The van der Waals surface area contributed by atoms with E-state index in [9.17, 15) is 4.79 Å². The van der Waals surface area contributed by atoms with Crippen molar-refractivity contribution in [3.63, 3.8) is 0 Å². The van der Waals surface area contributed by atoms with Gasteiger partial charge >= 0.3 is 0 Å². The summed E-state index contributed by atoms with van der Waals surface area (Å²) >= 11 is 0. The van der Waals surface area contributed by atoms with Gasteiger partial charge in [-0.15, -0.1) is 0 Å². The van der Waals surface area contributed by atoms with Crippen LogP contribution >= 0.6 is 0 Å². The molecule has 3 rings (SSSR count). The number of nitrogen functional groups attached to an aromatic ring is 1. The van der Waals surface area contributed by atoms with Crippen molar-refractivity contribution in [2.24, 2.45) is 0 Å². The summed E-state index contributed by atoms with van der Waals surface area (Å²) in [5.74, 6) is 0.167. The van der Waals surface area contributed by atoms with Crippen molar-refractivity contribution in [2.75, 3.05) is 12.3 Å². The Morgan fingerprint density at radius 1 is 1.27 bits per heavy atom. The molecule has 0 aliphatic rings. The van der Waals surface area contributed by atoms with Crippen LogP contribution in [0.5, 0.6) is 5.75 Å². The van der Waals surface area contributed by atoms with E-state index in [1.807, 2.05) is 42.5 Å². The van der Waals surface area contributed by atoms with Gasteiger partial charge in [-0.2, -0.15) is 15.0 Å². The van der Waals surface area contributed by atoms with Gasteiger partial charge in [-0.3, -0.25) is 4.79 Å². The summed E-state index contributed by atoms with van der Waals surface area (Å²) in [6.45, 7) is -0.213. The number of hydrogen-bond donors (Lipinski definition) is 1. The van der Waals surface area contributed by atoms with Crippen LogP contribution < -0.4 is 10.5 Å². The molecule has 1 aromatic heterocycles. The molecule has 22 heavy (non-hydrogen) atoms. The van der Waals surface area contributed by atoms with Crippen molar-refractivity contribution < 1.29 is 9.53 Å². The number of nitrogens with zero attached hydrogens (tertiary/aromatic N) is 3. The van der Waals surface area contributed by atoms with Gasteiger partial charge in [0.05, 0.1) is 6.20 Å². The van der Waals surface area contributed by atoms with Gasteiger partial charge in [0.15, 0.2) is 6.61 Å². The number of carbonyl (C=O) groups excluding carboxylic acids is 1. The molecule has 0 spiro atoms. The van der Waals surface area contributed by atoms with Crippen LogP contribution in [0.25, 0.3) is 10.8 Å². The van der Waals surface area contributed by atoms with E-state index in [0.717, 1.165) is 15.5 Å². The number of benzene rings is 2. The third-order valence-corrected chi connectivity index (χ3v) is 3.25. The van der Waals surface area contributed by atoms with Gasteiger partial charge in [0, 0.05) is 0 Å². The van der Waals surface area contributed by atoms with E-state index < -0.39 is 5.91 Å². The molecule has 6 heteroatoms. The van der Waals surface area contributed by atoms with E-state index in [1.165, 1.54) is 6.20 Å². The van der Waals surface area contributed by atoms with Crippen molar-refractivity contribution in [2.45, 2.75) is 0 Å². The molecule has 6 nitrogen and oxygen atoms in total. The zero-order valence-corrected chi connectivity index (χ0v) is 11.6. The first-order valence-electron chi connectivity index (χ1n) is 6.57. The molecule has 0 atom stereocenters. The maximum Gasteiger partial charge on any atom is 0.286 e. The van der Waals surface area contributed by atoms with Crippen LogP contribution in [0.15, 0.2) is 48.7 Å². The van der Waals surface area contributed by atoms with Gasteiger partial charge in [0.1, 0.15) is 23.2 Å². The van der Waals surface area contributed by atoms with E-state index >= 15 is 0 Å². The van der Waals surface area contributed by atoms with E-state index in [2.05, 4.69) is 5.10 Å². The minimum absolute atomic E-state index is 0.0228. The normalized spacial score (nSPS) is 10.3. The summed E-state index contributed by atoms with van der Waals surface area (Å²) in [6.07, 6.45) is 1.25. The van der Waals surface area contributed by atoms with E-state index in [4.69, 9.17) is 15.7 Å². The molecule has 1 heterocycles. The van der Waals surface area contributed by atoms with Gasteiger partial charge < -0.3 is 10.5 Å². The Hall–Kier alpha value is -3.33. The number of anilines is 1. The molecule has 0 aliphatic heterocycles. The van der Waals surface area contributed by atoms with E-state index in [0.29, 0.717) is 5.75 Å². The molecule has 0 saturated carbocycles. The second kappa shape index (κ2) is 5.58. The molecule has 3 aromatic rings. The quantitative estimate of drug-likeness (QED) is 0.798. The number of nitriles is 1. The van der Waals surface area contributed by atoms with Gasteiger partial charge in [0.2, 0.25) is 0 Å². The second-order valence-electron chi connectivity index (χ2n) is 4.66. The fraction of sp³-hybridized carbons (Fsp3) is 0.0625. The summed E-state index contributed by atoms with van der Waals surface area (Å²) in [5, 5.41) is 14.7. The highest BCUT2D eigenvalue weighted by Crippen LogP contribution is 2.20. The summed E-state index contributed by atoms with van der Waals surface area (Å²) < 4.78 is 6.45. The smallest absolute Gasteiger partial charge is 0.286 e. The number of carbonyl (C=O) groups is 1. The number of aromatic nitrogens is 2. The predicted octanol–water partition coefficient (Wildman–Crippen LogP) is 2.21. The lowest BCUT2D eigenvalue weighted by Crippen LogP contribution is -2.22. The van der Waals surface area contributed by atoms with E-state index in [1.54, 1.807) is 6.07 Å². The lowest BCUT2D eigenvalue weighted by atomic mass is 10.1. The number of rotatable bonds is 3. The molecular weight excluding hydrogens is 280 g/mol. The maximum absolute atomic E-state index is 12.0. The molecule has 0 fully saturated rings. The molecular formula is C16H12N4O2. The predicted molar refractivity (Wildman–Crippen MR) is 81.4 cm³/mol. The number of hydrogen-bond acceptors (Lipinski definition) is 5. The van der Waals surface area contributed by atoms with Gasteiger partial charge in [0.25, 0.3) is 5.91 Å².